The molecule has 0 spiro atoms. The Labute approximate surface area is 253 Å². The number of fused-ring (bicyclic) bond motifs is 1. The number of nitrogens with one attached hydrogen (secondary N) is 2. The minimum absolute atomic E-state index is 0.0414. The highest BCUT2D eigenvalue weighted by molar-refractivity contribution is 14.1. The molecule has 1 saturated carbocycles. The Hall–Kier alpha value is -3.50. The van der Waals surface area contributed by atoms with Crippen LogP contribution in [0.25, 0.3) is 16.6 Å². The first-order chi connectivity index (χ1) is 20.0. The summed E-state index contributed by atoms with van der Waals surface area (Å²) in [6.45, 7) is 2.37. The number of hydrogen-bond donors (Lipinski definition) is 2. The first kappa shape index (κ1) is 28.6. The number of aryl methyl sites for hydroxylation is 1. The SMILES string of the molecule is Cc1c(=O)n(C)c(Nc2ccc(I)cc2F)c2c(=O)n(C3CC3)c(=O)n(-c3cccc(NS(=O)(=O)N4CCCC4)c3)c12. The van der Waals surface area contributed by atoms with Crippen molar-refractivity contribution in [1.82, 2.24) is 18.0 Å². The summed E-state index contributed by atoms with van der Waals surface area (Å²) >= 11 is 1.98. The number of nitrogens with zero attached hydrogens (tertiary/aromatic N) is 4. The van der Waals surface area contributed by atoms with Gasteiger partial charge in [-0.05, 0) is 91.6 Å². The van der Waals surface area contributed by atoms with Crippen molar-refractivity contribution in [3.63, 3.8) is 0 Å². The Kier molecular flexibility index (Phi) is 7.25. The van der Waals surface area contributed by atoms with Gasteiger partial charge in [-0.15, -0.1) is 0 Å². The molecule has 3 heterocycles. The molecule has 0 radical (unpaired) electrons. The fraction of sp³-hybridized carbons (Fsp3) is 0.321. The largest absolute Gasteiger partial charge is 0.338 e. The lowest BCUT2D eigenvalue weighted by atomic mass is 10.1. The van der Waals surface area contributed by atoms with E-state index >= 15 is 0 Å². The summed E-state index contributed by atoms with van der Waals surface area (Å²) in [6, 6.07) is 10.5. The smallest absolute Gasteiger partial charge is 0.336 e. The van der Waals surface area contributed by atoms with Crippen LogP contribution in [0.15, 0.2) is 56.8 Å². The number of halogens is 2. The number of pyridine rings is 1. The molecule has 0 unspecified atom stereocenters. The summed E-state index contributed by atoms with van der Waals surface area (Å²) in [5.74, 6) is -0.531. The van der Waals surface area contributed by atoms with Crippen molar-refractivity contribution < 1.29 is 12.8 Å². The van der Waals surface area contributed by atoms with Gasteiger partial charge < -0.3 is 5.32 Å². The van der Waals surface area contributed by atoms with E-state index in [1.54, 1.807) is 24.3 Å². The van der Waals surface area contributed by atoms with Gasteiger partial charge in [0.2, 0.25) is 0 Å². The quantitative estimate of drug-likeness (QED) is 0.282. The zero-order valence-electron chi connectivity index (χ0n) is 22.9. The van der Waals surface area contributed by atoms with Crippen LogP contribution >= 0.6 is 22.6 Å². The zero-order chi connectivity index (χ0) is 29.9. The molecule has 1 aliphatic carbocycles. The lowest BCUT2D eigenvalue weighted by Crippen LogP contribution is -2.41. The highest BCUT2D eigenvalue weighted by Gasteiger charge is 2.32. The van der Waals surface area contributed by atoms with Crippen LogP contribution in [0.4, 0.5) is 21.6 Å². The molecule has 1 aliphatic heterocycles. The van der Waals surface area contributed by atoms with Crippen LogP contribution in [0.1, 0.15) is 37.3 Å². The molecule has 2 N–H and O–H groups in total. The Morgan fingerprint density at radius 1 is 1.00 bits per heavy atom. The van der Waals surface area contributed by atoms with Crippen LogP contribution in [-0.2, 0) is 17.3 Å². The molecule has 220 valence electrons. The first-order valence-corrected chi connectivity index (χ1v) is 16.0. The van der Waals surface area contributed by atoms with Gasteiger partial charge in [-0.2, -0.15) is 12.7 Å². The average Bonchev–Trinajstić information content (AvgIpc) is 3.60. The zero-order valence-corrected chi connectivity index (χ0v) is 25.8. The van der Waals surface area contributed by atoms with Crippen molar-refractivity contribution >= 4 is 60.9 Å². The highest BCUT2D eigenvalue weighted by Crippen LogP contribution is 2.34. The maximum atomic E-state index is 14.9. The molecule has 0 amide bonds. The van der Waals surface area contributed by atoms with E-state index in [0.717, 1.165) is 12.8 Å². The average molecular weight is 707 g/mol. The maximum absolute atomic E-state index is 14.9. The number of benzene rings is 2. The van der Waals surface area contributed by atoms with Crippen molar-refractivity contribution in [2.45, 2.75) is 38.6 Å². The predicted molar refractivity (Wildman–Crippen MR) is 168 cm³/mol. The summed E-state index contributed by atoms with van der Waals surface area (Å²) < 4.78 is 49.1. The van der Waals surface area contributed by atoms with E-state index in [9.17, 15) is 27.2 Å². The van der Waals surface area contributed by atoms with E-state index in [1.807, 2.05) is 22.6 Å². The molecule has 2 aromatic heterocycles. The van der Waals surface area contributed by atoms with E-state index in [0.29, 0.717) is 29.5 Å². The molecule has 0 bridgehead atoms. The van der Waals surface area contributed by atoms with Gasteiger partial charge in [0.05, 0.1) is 22.6 Å². The minimum Gasteiger partial charge on any atom is -0.338 e. The van der Waals surface area contributed by atoms with E-state index in [1.165, 1.54) is 50.2 Å². The van der Waals surface area contributed by atoms with Crippen molar-refractivity contribution in [3.8, 4) is 5.69 Å². The molecule has 0 atom stereocenters. The summed E-state index contributed by atoms with van der Waals surface area (Å²) in [7, 11) is -2.33. The fourth-order valence-electron chi connectivity index (χ4n) is 5.42. The molecule has 2 fully saturated rings. The van der Waals surface area contributed by atoms with Gasteiger partial charge in [0.1, 0.15) is 17.0 Å². The van der Waals surface area contributed by atoms with Crippen LogP contribution in [0.3, 0.4) is 0 Å². The second-order valence-corrected chi connectivity index (χ2v) is 13.5. The summed E-state index contributed by atoms with van der Waals surface area (Å²) in [4.78, 5) is 41.5. The van der Waals surface area contributed by atoms with Crippen LogP contribution < -0.4 is 26.8 Å². The third-order valence-electron chi connectivity index (χ3n) is 7.70. The van der Waals surface area contributed by atoms with E-state index in [2.05, 4.69) is 10.0 Å². The van der Waals surface area contributed by atoms with Gasteiger partial charge in [-0.1, -0.05) is 6.07 Å². The lowest BCUT2D eigenvalue weighted by molar-refractivity contribution is 0.482. The first-order valence-electron chi connectivity index (χ1n) is 13.5. The molecule has 6 rings (SSSR count). The normalized spacial score (nSPS) is 15.8. The molecule has 2 aliphatic rings. The van der Waals surface area contributed by atoms with Gasteiger partial charge in [0.25, 0.3) is 11.1 Å². The number of anilines is 3. The Bertz CT molecular complexity index is 2050. The van der Waals surface area contributed by atoms with Crippen molar-refractivity contribution in [2.24, 2.45) is 7.05 Å². The molecule has 2 aromatic carbocycles. The number of rotatable bonds is 7. The second-order valence-electron chi connectivity index (χ2n) is 10.6. The summed E-state index contributed by atoms with van der Waals surface area (Å²) in [6.07, 6.45) is 2.83. The molecule has 42 heavy (non-hydrogen) atoms. The lowest BCUT2D eigenvalue weighted by Gasteiger charge is -2.21. The van der Waals surface area contributed by atoms with Crippen molar-refractivity contribution in [3.05, 3.63) is 88.6 Å². The van der Waals surface area contributed by atoms with Crippen molar-refractivity contribution in [1.29, 1.82) is 0 Å². The van der Waals surface area contributed by atoms with E-state index < -0.39 is 32.8 Å². The third kappa shape index (κ3) is 4.94. The summed E-state index contributed by atoms with van der Waals surface area (Å²) in [5, 5.41) is 2.98. The standard InChI is InChI=1S/C28H28FIN6O5S/c1-16-24-23(25(33(2)26(16)37)31-22-11-8-17(30)14-21(22)29)27(38)36(19-9-10-19)28(39)35(24)20-7-5-6-18(15-20)32-42(40,41)34-12-3-4-13-34/h5-8,11,14-15,19,31-32H,3-4,9-10,12-13H2,1-2H3. The molecular weight excluding hydrogens is 678 g/mol. The topological polar surface area (TPSA) is 127 Å². The van der Waals surface area contributed by atoms with Crippen LogP contribution in [0.2, 0.25) is 0 Å². The molecular formula is C28H28FIN6O5S. The third-order valence-corrected chi connectivity index (χ3v) is 9.91. The highest BCUT2D eigenvalue weighted by atomic mass is 127. The summed E-state index contributed by atoms with van der Waals surface area (Å²) in [5.41, 5.74) is -0.959. The van der Waals surface area contributed by atoms with Gasteiger partial charge in [0, 0.05) is 35.3 Å². The Morgan fingerprint density at radius 2 is 1.71 bits per heavy atom. The molecule has 4 aromatic rings. The van der Waals surface area contributed by atoms with Crippen LogP contribution in [-0.4, -0.2) is 39.5 Å². The molecule has 1 saturated heterocycles. The number of aromatic nitrogens is 3. The van der Waals surface area contributed by atoms with Gasteiger partial charge in [-0.25, -0.2) is 9.18 Å². The van der Waals surface area contributed by atoms with E-state index in [-0.39, 0.29) is 45.4 Å². The van der Waals surface area contributed by atoms with Gasteiger partial charge in [0.15, 0.2) is 0 Å². The molecule has 14 heteroatoms. The Morgan fingerprint density at radius 3 is 2.38 bits per heavy atom. The molecule has 11 nitrogen and oxygen atoms in total. The Balaban J connectivity index is 1.61. The van der Waals surface area contributed by atoms with Crippen molar-refractivity contribution in [2.75, 3.05) is 23.1 Å². The minimum atomic E-state index is -3.81. The van der Waals surface area contributed by atoms with Crippen LogP contribution in [0.5, 0.6) is 0 Å². The fourth-order valence-corrected chi connectivity index (χ4v) is 7.17. The predicted octanol–water partition coefficient (Wildman–Crippen LogP) is 3.73. The maximum Gasteiger partial charge on any atom is 0.336 e. The van der Waals surface area contributed by atoms with E-state index in [4.69, 9.17) is 0 Å². The van der Waals surface area contributed by atoms with Gasteiger partial charge in [-0.3, -0.25) is 28.0 Å². The van der Waals surface area contributed by atoms with Crippen LogP contribution in [0, 0.1) is 16.3 Å². The second kappa shape index (κ2) is 10.6. The monoisotopic (exact) mass is 706 g/mol. The number of hydrogen-bond acceptors (Lipinski definition) is 6. The van der Waals surface area contributed by atoms with Gasteiger partial charge >= 0.3 is 15.9 Å².